The van der Waals surface area contributed by atoms with Crippen molar-refractivity contribution in [2.45, 2.75) is 6.04 Å². The van der Waals surface area contributed by atoms with Gasteiger partial charge < -0.3 is 15.2 Å². The van der Waals surface area contributed by atoms with Gasteiger partial charge in [0.15, 0.2) is 11.6 Å². The second-order valence-corrected chi connectivity index (χ2v) is 4.84. The van der Waals surface area contributed by atoms with Gasteiger partial charge in [-0.05, 0) is 26.2 Å². The summed E-state index contributed by atoms with van der Waals surface area (Å²) in [6.45, 7) is 0.566. The van der Waals surface area contributed by atoms with Crippen molar-refractivity contribution in [2.24, 2.45) is 5.73 Å². The monoisotopic (exact) mass is 284 g/mol. The van der Waals surface area contributed by atoms with Gasteiger partial charge in [-0.15, -0.1) is 0 Å². The van der Waals surface area contributed by atoms with Crippen LogP contribution in [0.5, 0.6) is 0 Å². The molecule has 102 valence electrons. The standard InChI is InChI=1S/C12H14ClFN4O/c1-18(2)6-9(15)11-16-12(19-17-11)7-4-3-5-8(13)10(7)14/h3-5,9H,6,15H2,1-2H3. The van der Waals surface area contributed by atoms with E-state index in [1.54, 1.807) is 6.07 Å². The maximum atomic E-state index is 13.8. The normalized spacial score (nSPS) is 12.9. The lowest BCUT2D eigenvalue weighted by molar-refractivity contribution is 0.357. The first-order valence-electron chi connectivity index (χ1n) is 5.67. The van der Waals surface area contributed by atoms with Gasteiger partial charge in [0.25, 0.3) is 5.89 Å². The first-order chi connectivity index (χ1) is 8.99. The number of rotatable bonds is 4. The first-order valence-corrected chi connectivity index (χ1v) is 6.05. The molecule has 0 aliphatic carbocycles. The number of halogens is 2. The van der Waals surface area contributed by atoms with Crippen molar-refractivity contribution in [2.75, 3.05) is 20.6 Å². The summed E-state index contributed by atoms with van der Waals surface area (Å²) in [6, 6.07) is 4.20. The number of hydrogen-bond acceptors (Lipinski definition) is 5. The van der Waals surface area contributed by atoms with Crippen molar-refractivity contribution in [3.63, 3.8) is 0 Å². The van der Waals surface area contributed by atoms with E-state index in [-0.39, 0.29) is 16.5 Å². The van der Waals surface area contributed by atoms with E-state index >= 15 is 0 Å². The highest BCUT2D eigenvalue weighted by atomic mass is 35.5. The molecular weight excluding hydrogens is 271 g/mol. The second kappa shape index (κ2) is 5.64. The van der Waals surface area contributed by atoms with E-state index in [2.05, 4.69) is 10.1 Å². The van der Waals surface area contributed by atoms with Gasteiger partial charge in [0.05, 0.1) is 16.6 Å². The first kappa shape index (κ1) is 13.9. The Balaban J connectivity index is 2.28. The molecule has 1 heterocycles. The molecule has 2 rings (SSSR count). The van der Waals surface area contributed by atoms with Crippen LogP contribution in [0.4, 0.5) is 4.39 Å². The number of benzene rings is 1. The van der Waals surface area contributed by atoms with Crippen molar-refractivity contribution in [3.05, 3.63) is 34.9 Å². The molecule has 0 bridgehead atoms. The van der Waals surface area contributed by atoms with Crippen LogP contribution in [-0.4, -0.2) is 35.7 Å². The summed E-state index contributed by atoms with van der Waals surface area (Å²) < 4.78 is 18.8. The highest BCUT2D eigenvalue weighted by molar-refractivity contribution is 6.31. The largest absolute Gasteiger partial charge is 0.334 e. The van der Waals surface area contributed by atoms with E-state index in [1.165, 1.54) is 12.1 Å². The van der Waals surface area contributed by atoms with Gasteiger partial charge >= 0.3 is 0 Å². The predicted molar refractivity (Wildman–Crippen MR) is 70.2 cm³/mol. The number of nitrogens with two attached hydrogens (primary N) is 1. The lowest BCUT2D eigenvalue weighted by Crippen LogP contribution is -2.26. The van der Waals surface area contributed by atoms with Crippen LogP contribution in [0.2, 0.25) is 5.02 Å². The summed E-state index contributed by atoms with van der Waals surface area (Å²) in [5.74, 6) is -0.173. The van der Waals surface area contributed by atoms with Crippen molar-refractivity contribution >= 4 is 11.6 Å². The minimum atomic E-state index is -0.583. The third-order valence-electron chi connectivity index (χ3n) is 2.52. The lowest BCUT2D eigenvalue weighted by Gasteiger charge is -2.12. The van der Waals surface area contributed by atoms with E-state index in [9.17, 15) is 4.39 Å². The van der Waals surface area contributed by atoms with Crippen LogP contribution in [-0.2, 0) is 0 Å². The Morgan fingerprint density at radius 3 is 2.89 bits per heavy atom. The summed E-state index contributed by atoms with van der Waals surface area (Å²) in [7, 11) is 3.77. The molecule has 2 N–H and O–H groups in total. The molecule has 0 radical (unpaired) electrons. The quantitative estimate of drug-likeness (QED) is 0.931. The minimum Gasteiger partial charge on any atom is -0.334 e. The summed E-state index contributed by atoms with van der Waals surface area (Å²) in [6.07, 6.45) is 0. The molecule has 0 saturated carbocycles. The fraction of sp³-hybridized carbons (Fsp3) is 0.333. The number of nitrogens with zero attached hydrogens (tertiary/aromatic N) is 3. The van der Waals surface area contributed by atoms with Crippen molar-refractivity contribution in [1.82, 2.24) is 15.0 Å². The fourth-order valence-corrected chi connectivity index (χ4v) is 1.81. The Bertz CT molecular complexity index is 573. The van der Waals surface area contributed by atoms with E-state index in [0.717, 1.165) is 0 Å². The Labute approximate surface area is 115 Å². The molecule has 1 aromatic carbocycles. The van der Waals surface area contributed by atoms with Gasteiger partial charge in [-0.1, -0.05) is 22.8 Å². The van der Waals surface area contributed by atoms with E-state index in [4.69, 9.17) is 21.9 Å². The molecule has 1 aromatic heterocycles. The molecule has 0 aliphatic rings. The summed E-state index contributed by atoms with van der Waals surface area (Å²) in [4.78, 5) is 6.01. The van der Waals surface area contributed by atoms with Gasteiger partial charge in [0.1, 0.15) is 0 Å². The van der Waals surface area contributed by atoms with E-state index in [0.29, 0.717) is 12.4 Å². The van der Waals surface area contributed by atoms with Crippen LogP contribution in [0.3, 0.4) is 0 Å². The molecule has 1 unspecified atom stereocenters. The number of aromatic nitrogens is 2. The molecular formula is C12H14ClFN4O. The highest BCUT2D eigenvalue weighted by Gasteiger charge is 2.18. The fourth-order valence-electron chi connectivity index (χ4n) is 1.64. The van der Waals surface area contributed by atoms with Gasteiger partial charge in [-0.25, -0.2) is 4.39 Å². The Morgan fingerprint density at radius 1 is 1.47 bits per heavy atom. The molecule has 1 atom stereocenters. The summed E-state index contributed by atoms with van der Waals surface area (Å²) in [5, 5.41) is 3.78. The number of likely N-dealkylation sites (N-methyl/N-ethyl adjacent to an activating group) is 1. The van der Waals surface area contributed by atoms with Gasteiger partial charge in [-0.3, -0.25) is 0 Å². The van der Waals surface area contributed by atoms with Crippen LogP contribution in [0, 0.1) is 5.82 Å². The third-order valence-corrected chi connectivity index (χ3v) is 2.81. The van der Waals surface area contributed by atoms with Crippen LogP contribution in [0.15, 0.2) is 22.7 Å². The Morgan fingerprint density at radius 2 is 2.21 bits per heavy atom. The maximum Gasteiger partial charge on any atom is 0.261 e. The van der Waals surface area contributed by atoms with Gasteiger partial charge in [0, 0.05) is 6.54 Å². The molecule has 0 aliphatic heterocycles. The van der Waals surface area contributed by atoms with Gasteiger partial charge in [0.2, 0.25) is 0 Å². The van der Waals surface area contributed by atoms with E-state index in [1.807, 2.05) is 19.0 Å². The Kier molecular flexibility index (Phi) is 4.14. The third kappa shape index (κ3) is 3.09. The summed E-state index contributed by atoms with van der Waals surface area (Å²) >= 11 is 5.71. The van der Waals surface area contributed by atoms with Crippen LogP contribution < -0.4 is 5.73 Å². The van der Waals surface area contributed by atoms with Crippen LogP contribution >= 0.6 is 11.6 Å². The Hall–Kier alpha value is -1.50. The van der Waals surface area contributed by atoms with Crippen molar-refractivity contribution in [1.29, 1.82) is 0 Å². The SMILES string of the molecule is CN(C)CC(N)c1noc(-c2cccc(Cl)c2F)n1. The zero-order chi connectivity index (χ0) is 14.0. The van der Waals surface area contributed by atoms with E-state index < -0.39 is 11.9 Å². The van der Waals surface area contributed by atoms with Crippen molar-refractivity contribution in [3.8, 4) is 11.5 Å². The zero-order valence-corrected chi connectivity index (χ0v) is 11.4. The molecule has 0 spiro atoms. The summed E-state index contributed by atoms with van der Waals surface area (Å²) in [5.41, 5.74) is 6.08. The minimum absolute atomic E-state index is 0.00911. The second-order valence-electron chi connectivity index (χ2n) is 4.43. The molecule has 7 heteroatoms. The zero-order valence-electron chi connectivity index (χ0n) is 10.6. The molecule has 0 saturated heterocycles. The average Bonchev–Trinajstić information content (AvgIpc) is 2.81. The van der Waals surface area contributed by atoms with Crippen LogP contribution in [0.1, 0.15) is 11.9 Å². The lowest BCUT2D eigenvalue weighted by atomic mass is 10.2. The maximum absolute atomic E-state index is 13.8. The molecule has 0 fully saturated rings. The predicted octanol–water partition coefficient (Wildman–Crippen LogP) is 2.09. The smallest absolute Gasteiger partial charge is 0.261 e. The molecule has 5 nitrogen and oxygen atoms in total. The molecule has 0 amide bonds. The molecule has 19 heavy (non-hydrogen) atoms. The number of hydrogen-bond donors (Lipinski definition) is 1. The van der Waals surface area contributed by atoms with Gasteiger partial charge in [-0.2, -0.15) is 4.98 Å². The molecule has 2 aromatic rings. The topological polar surface area (TPSA) is 68.2 Å². The van der Waals surface area contributed by atoms with Crippen molar-refractivity contribution < 1.29 is 8.91 Å². The average molecular weight is 285 g/mol. The highest BCUT2D eigenvalue weighted by Crippen LogP contribution is 2.26. The van der Waals surface area contributed by atoms with Crippen LogP contribution in [0.25, 0.3) is 11.5 Å².